The monoisotopic (exact) mass is 348 g/mol. The van der Waals surface area contributed by atoms with E-state index in [-0.39, 0.29) is 22.9 Å². The molecule has 0 unspecified atom stereocenters. The number of hydrogen-bond acceptors (Lipinski definition) is 3. The Hall–Kier alpha value is -2.60. The number of rotatable bonds is 3. The third-order valence-corrected chi connectivity index (χ3v) is 3.95. The van der Waals surface area contributed by atoms with Crippen LogP contribution in [0.2, 0.25) is 5.02 Å². The van der Waals surface area contributed by atoms with Gasteiger partial charge in [0, 0.05) is 16.3 Å². The number of amides is 2. The second-order valence-electron chi connectivity index (χ2n) is 5.39. The molecule has 1 aliphatic rings. The minimum absolute atomic E-state index is 0.139. The van der Waals surface area contributed by atoms with E-state index in [2.05, 4.69) is 10.6 Å². The Morgan fingerprint density at radius 1 is 1.38 bits per heavy atom. The molecule has 2 aromatic carbocycles. The third kappa shape index (κ3) is 3.33. The van der Waals surface area contributed by atoms with Gasteiger partial charge in [0.15, 0.2) is 6.10 Å². The molecule has 1 atom stereocenters. The molecule has 2 amide bonds. The quantitative estimate of drug-likeness (QED) is 0.893. The lowest BCUT2D eigenvalue weighted by Gasteiger charge is -2.23. The Morgan fingerprint density at radius 2 is 2.17 bits per heavy atom. The van der Waals surface area contributed by atoms with Crippen LogP contribution in [0, 0.1) is 5.82 Å². The van der Waals surface area contributed by atoms with Gasteiger partial charge in [0.1, 0.15) is 11.6 Å². The molecule has 0 spiro atoms. The van der Waals surface area contributed by atoms with Crippen LogP contribution in [0.1, 0.15) is 12.5 Å². The van der Waals surface area contributed by atoms with E-state index in [0.717, 1.165) is 0 Å². The van der Waals surface area contributed by atoms with E-state index in [1.165, 1.54) is 18.2 Å². The molecule has 5 nitrogen and oxygen atoms in total. The molecule has 0 fully saturated rings. The lowest BCUT2D eigenvalue weighted by Crippen LogP contribution is -2.34. The standard InChI is InChI=1S/C17H14ClFN2O3/c1-9-17(23)21-14-7-10(5-6-15(14)24-9)20-16(22)8-11-12(18)3-2-4-13(11)19/h2-7,9H,8H2,1H3,(H,20,22)(H,21,23)/t9-/m1/s1. The maximum atomic E-state index is 13.7. The lowest BCUT2D eigenvalue weighted by molar-refractivity contribution is -0.122. The number of carbonyl (C=O) groups is 2. The van der Waals surface area contributed by atoms with Crippen molar-refractivity contribution in [1.29, 1.82) is 0 Å². The van der Waals surface area contributed by atoms with Gasteiger partial charge in [0.25, 0.3) is 5.91 Å². The Labute approximate surface area is 142 Å². The van der Waals surface area contributed by atoms with Gasteiger partial charge in [-0.15, -0.1) is 0 Å². The average molecular weight is 349 g/mol. The van der Waals surface area contributed by atoms with Crippen molar-refractivity contribution in [2.24, 2.45) is 0 Å². The van der Waals surface area contributed by atoms with Gasteiger partial charge in [-0.25, -0.2) is 4.39 Å². The van der Waals surface area contributed by atoms with E-state index in [1.54, 1.807) is 25.1 Å². The molecule has 0 aromatic heterocycles. The van der Waals surface area contributed by atoms with Gasteiger partial charge in [0.2, 0.25) is 5.91 Å². The number of halogens is 2. The van der Waals surface area contributed by atoms with Crippen molar-refractivity contribution >= 4 is 34.8 Å². The third-order valence-electron chi connectivity index (χ3n) is 3.59. The Bertz CT molecular complexity index is 805. The molecule has 24 heavy (non-hydrogen) atoms. The first kappa shape index (κ1) is 16.3. The van der Waals surface area contributed by atoms with Crippen molar-refractivity contribution in [2.45, 2.75) is 19.4 Å². The van der Waals surface area contributed by atoms with Gasteiger partial charge in [-0.1, -0.05) is 17.7 Å². The minimum Gasteiger partial charge on any atom is -0.479 e. The summed E-state index contributed by atoms with van der Waals surface area (Å²) in [5.41, 5.74) is 1.07. The summed E-state index contributed by atoms with van der Waals surface area (Å²) in [6, 6.07) is 9.13. The molecule has 7 heteroatoms. The first-order valence-corrected chi connectivity index (χ1v) is 7.66. The van der Waals surface area contributed by atoms with Crippen LogP contribution < -0.4 is 15.4 Å². The second-order valence-corrected chi connectivity index (χ2v) is 5.79. The molecule has 1 heterocycles. The van der Waals surface area contributed by atoms with E-state index in [4.69, 9.17) is 16.3 Å². The van der Waals surface area contributed by atoms with Gasteiger partial charge < -0.3 is 15.4 Å². The van der Waals surface area contributed by atoms with Crippen LogP contribution in [0.15, 0.2) is 36.4 Å². The summed E-state index contributed by atoms with van der Waals surface area (Å²) in [6.45, 7) is 1.64. The first-order chi connectivity index (χ1) is 11.4. The number of ether oxygens (including phenoxy) is 1. The van der Waals surface area contributed by atoms with Crippen molar-refractivity contribution in [2.75, 3.05) is 10.6 Å². The highest BCUT2D eigenvalue weighted by Crippen LogP contribution is 2.32. The smallest absolute Gasteiger partial charge is 0.265 e. The van der Waals surface area contributed by atoms with Gasteiger partial charge in [-0.2, -0.15) is 0 Å². The lowest BCUT2D eigenvalue weighted by atomic mass is 10.1. The fourth-order valence-electron chi connectivity index (χ4n) is 2.35. The zero-order valence-electron chi connectivity index (χ0n) is 12.7. The summed E-state index contributed by atoms with van der Waals surface area (Å²) in [5, 5.41) is 5.54. The molecule has 0 bridgehead atoms. The highest BCUT2D eigenvalue weighted by Gasteiger charge is 2.23. The Balaban J connectivity index is 1.74. The molecule has 0 saturated carbocycles. The normalized spacial score (nSPS) is 16.0. The maximum Gasteiger partial charge on any atom is 0.265 e. The molecule has 0 aliphatic carbocycles. The fraction of sp³-hybridized carbons (Fsp3) is 0.176. The molecule has 0 saturated heterocycles. The Kier molecular flexibility index (Phi) is 4.40. The topological polar surface area (TPSA) is 67.4 Å². The van der Waals surface area contributed by atoms with Crippen molar-refractivity contribution < 1.29 is 18.7 Å². The van der Waals surface area contributed by atoms with Crippen molar-refractivity contribution in [1.82, 2.24) is 0 Å². The zero-order valence-corrected chi connectivity index (χ0v) is 13.5. The van der Waals surface area contributed by atoms with Crippen LogP contribution in [0.4, 0.5) is 15.8 Å². The molecule has 124 valence electrons. The maximum absolute atomic E-state index is 13.7. The number of carbonyl (C=O) groups excluding carboxylic acids is 2. The minimum atomic E-state index is -0.568. The predicted octanol–water partition coefficient (Wildman–Crippen LogP) is 3.38. The molecular weight excluding hydrogens is 335 g/mol. The van der Waals surface area contributed by atoms with Crippen molar-refractivity contribution in [3.63, 3.8) is 0 Å². The molecular formula is C17H14ClFN2O3. The van der Waals surface area contributed by atoms with E-state index < -0.39 is 17.8 Å². The first-order valence-electron chi connectivity index (χ1n) is 7.28. The van der Waals surface area contributed by atoms with Gasteiger partial charge in [0.05, 0.1) is 12.1 Å². The van der Waals surface area contributed by atoms with Crippen LogP contribution in [0.5, 0.6) is 5.75 Å². The van der Waals surface area contributed by atoms with Crippen LogP contribution in [-0.2, 0) is 16.0 Å². The summed E-state index contributed by atoms with van der Waals surface area (Å²) in [6.07, 6.45) is -0.760. The van der Waals surface area contributed by atoms with E-state index in [1.807, 2.05) is 0 Å². The second kappa shape index (κ2) is 6.49. The number of hydrogen-bond donors (Lipinski definition) is 2. The van der Waals surface area contributed by atoms with Crippen LogP contribution >= 0.6 is 11.6 Å². The average Bonchev–Trinajstić information content (AvgIpc) is 2.52. The zero-order chi connectivity index (χ0) is 17.3. The number of anilines is 2. The van der Waals surface area contributed by atoms with Crippen LogP contribution in [-0.4, -0.2) is 17.9 Å². The SMILES string of the molecule is C[C@H]1Oc2ccc(NC(=O)Cc3c(F)cccc3Cl)cc2NC1=O. The van der Waals surface area contributed by atoms with E-state index >= 15 is 0 Å². The number of benzene rings is 2. The summed E-state index contributed by atoms with van der Waals surface area (Å²) in [7, 11) is 0. The van der Waals surface area contributed by atoms with E-state index in [0.29, 0.717) is 17.1 Å². The molecule has 2 N–H and O–H groups in total. The predicted molar refractivity (Wildman–Crippen MR) is 88.9 cm³/mol. The molecule has 1 aliphatic heterocycles. The van der Waals surface area contributed by atoms with Gasteiger partial charge in [-0.3, -0.25) is 9.59 Å². The van der Waals surface area contributed by atoms with Crippen LogP contribution in [0.3, 0.4) is 0 Å². The number of nitrogens with one attached hydrogen (secondary N) is 2. The Morgan fingerprint density at radius 3 is 2.92 bits per heavy atom. The molecule has 0 radical (unpaired) electrons. The largest absolute Gasteiger partial charge is 0.479 e. The van der Waals surface area contributed by atoms with E-state index in [9.17, 15) is 14.0 Å². The van der Waals surface area contributed by atoms with Crippen LogP contribution in [0.25, 0.3) is 0 Å². The van der Waals surface area contributed by atoms with Crippen molar-refractivity contribution in [3.05, 3.63) is 52.8 Å². The number of fused-ring (bicyclic) bond motifs is 1. The molecule has 3 rings (SSSR count). The summed E-state index contributed by atoms with van der Waals surface area (Å²) < 4.78 is 19.2. The highest BCUT2D eigenvalue weighted by atomic mass is 35.5. The van der Waals surface area contributed by atoms with Gasteiger partial charge in [-0.05, 0) is 37.3 Å². The summed E-state index contributed by atoms with van der Waals surface area (Å²) in [4.78, 5) is 23.7. The summed E-state index contributed by atoms with van der Waals surface area (Å²) >= 11 is 5.92. The van der Waals surface area contributed by atoms with Gasteiger partial charge >= 0.3 is 0 Å². The fourth-order valence-corrected chi connectivity index (χ4v) is 2.58. The summed E-state index contributed by atoms with van der Waals surface area (Å²) in [5.74, 6) is -0.683. The molecule has 2 aromatic rings. The van der Waals surface area contributed by atoms with Crippen molar-refractivity contribution in [3.8, 4) is 5.75 Å². The highest BCUT2D eigenvalue weighted by molar-refractivity contribution is 6.31.